The Morgan fingerprint density at radius 1 is 0.306 bits per heavy atom. The van der Waals surface area contributed by atoms with Gasteiger partial charge in [0.2, 0.25) is 5.95 Å². The molecular weight excluding hydrogens is 773 g/mol. The summed E-state index contributed by atoms with van der Waals surface area (Å²) in [6.07, 6.45) is 0. The highest BCUT2D eigenvalue weighted by Gasteiger charge is 2.19. The first-order valence-electron chi connectivity index (χ1n) is 20.8. The normalized spacial score (nSPS) is 11.5. The number of rotatable bonds is 7. The Labute approximate surface area is 362 Å². The third-order valence-electron chi connectivity index (χ3n) is 11.9. The first-order valence-corrected chi connectivity index (χ1v) is 21.7. The maximum atomic E-state index is 5.23. The number of fused-ring (bicyclic) bond motifs is 6. The first kappa shape index (κ1) is 35.9. The Hall–Kier alpha value is -7.99. The number of benzene rings is 9. The van der Waals surface area contributed by atoms with E-state index in [0.717, 1.165) is 38.5 Å². The average Bonchev–Trinajstić information content (AvgIpc) is 3.90. The minimum atomic E-state index is 0.581. The summed E-state index contributed by atoms with van der Waals surface area (Å²) >= 11 is 1.85. The van der Waals surface area contributed by atoms with E-state index >= 15 is 0 Å². The molecular formula is C57H36N4S. The summed E-state index contributed by atoms with van der Waals surface area (Å²) in [4.78, 5) is 15.5. The Morgan fingerprint density at radius 3 is 1.52 bits per heavy atom. The Balaban J connectivity index is 0.943. The van der Waals surface area contributed by atoms with Crippen LogP contribution in [0.15, 0.2) is 218 Å². The van der Waals surface area contributed by atoms with E-state index in [9.17, 15) is 0 Å². The number of aromatic nitrogens is 4. The van der Waals surface area contributed by atoms with Gasteiger partial charge in [0.15, 0.2) is 11.6 Å². The lowest BCUT2D eigenvalue weighted by molar-refractivity contribution is 0.953. The summed E-state index contributed by atoms with van der Waals surface area (Å²) in [6.45, 7) is 0. The molecule has 12 aromatic rings. The molecule has 0 saturated heterocycles. The third kappa shape index (κ3) is 6.26. The SMILES string of the molecule is c1ccc(-c2cccc(-c3ccc4sc5c(-c6ccc(-c7nc(-c8ccccc8)nc(-n8c9ccccc9c9cc(-c%10ccccc%10)ccc98)n7)cc6)cccc5c4c3)c2)cc1. The molecule has 0 aliphatic rings. The molecule has 12 rings (SSSR count). The zero-order chi connectivity index (χ0) is 41.0. The van der Waals surface area contributed by atoms with Crippen LogP contribution in [0.4, 0.5) is 0 Å². The summed E-state index contributed by atoms with van der Waals surface area (Å²) in [7, 11) is 0. The summed E-state index contributed by atoms with van der Waals surface area (Å²) in [6, 6.07) is 77.5. The molecule has 5 heteroatoms. The van der Waals surface area contributed by atoms with Crippen molar-refractivity contribution in [2.24, 2.45) is 0 Å². The maximum Gasteiger partial charge on any atom is 0.238 e. The van der Waals surface area contributed by atoms with Crippen LogP contribution >= 0.6 is 11.3 Å². The van der Waals surface area contributed by atoms with Gasteiger partial charge in [-0.05, 0) is 80.9 Å². The summed E-state index contributed by atoms with van der Waals surface area (Å²) < 4.78 is 4.74. The number of nitrogens with zero attached hydrogens (tertiary/aromatic N) is 4. The molecule has 0 unspecified atom stereocenters. The molecule has 0 atom stereocenters. The van der Waals surface area contributed by atoms with Gasteiger partial charge in [0.1, 0.15) is 0 Å². The minimum absolute atomic E-state index is 0.581. The van der Waals surface area contributed by atoms with E-state index in [1.165, 1.54) is 59.1 Å². The summed E-state index contributed by atoms with van der Waals surface area (Å²) in [5.41, 5.74) is 13.5. The topological polar surface area (TPSA) is 43.6 Å². The lowest BCUT2D eigenvalue weighted by atomic mass is 9.97. The van der Waals surface area contributed by atoms with Crippen LogP contribution < -0.4 is 0 Å². The van der Waals surface area contributed by atoms with Crippen LogP contribution in [-0.2, 0) is 0 Å². The molecule has 3 heterocycles. The van der Waals surface area contributed by atoms with Gasteiger partial charge in [-0.15, -0.1) is 11.3 Å². The second-order valence-corrected chi connectivity index (χ2v) is 16.7. The number of para-hydroxylation sites is 1. The molecule has 290 valence electrons. The van der Waals surface area contributed by atoms with Crippen molar-refractivity contribution in [2.75, 3.05) is 0 Å². The van der Waals surface area contributed by atoms with Gasteiger partial charge in [0.25, 0.3) is 0 Å². The maximum absolute atomic E-state index is 5.23. The molecule has 0 N–H and O–H groups in total. The fourth-order valence-electron chi connectivity index (χ4n) is 8.82. The van der Waals surface area contributed by atoms with E-state index < -0.39 is 0 Å². The van der Waals surface area contributed by atoms with Crippen LogP contribution in [0.5, 0.6) is 0 Å². The largest absolute Gasteiger partial charge is 0.278 e. The highest BCUT2D eigenvalue weighted by molar-refractivity contribution is 7.26. The molecule has 0 radical (unpaired) electrons. The van der Waals surface area contributed by atoms with E-state index in [2.05, 4.69) is 205 Å². The average molecular weight is 809 g/mol. The molecule has 0 fully saturated rings. The summed E-state index contributed by atoms with van der Waals surface area (Å²) in [5, 5.41) is 4.85. The number of hydrogen-bond donors (Lipinski definition) is 0. The van der Waals surface area contributed by atoms with E-state index in [1.807, 2.05) is 29.5 Å². The molecule has 9 aromatic carbocycles. The van der Waals surface area contributed by atoms with Crippen LogP contribution in [-0.4, -0.2) is 19.5 Å². The number of hydrogen-bond acceptors (Lipinski definition) is 4. The number of thiophene rings is 1. The molecule has 62 heavy (non-hydrogen) atoms. The predicted molar refractivity (Wildman–Crippen MR) is 260 cm³/mol. The van der Waals surface area contributed by atoms with Gasteiger partial charge < -0.3 is 0 Å². The molecule has 0 bridgehead atoms. The molecule has 3 aromatic heterocycles. The smallest absolute Gasteiger partial charge is 0.238 e. The van der Waals surface area contributed by atoms with Gasteiger partial charge >= 0.3 is 0 Å². The molecule has 0 spiro atoms. The molecule has 0 aliphatic heterocycles. The van der Waals surface area contributed by atoms with Gasteiger partial charge in [0.05, 0.1) is 11.0 Å². The monoisotopic (exact) mass is 808 g/mol. The fraction of sp³-hybridized carbons (Fsp3) is 0. The van der Waals surface area contributed by atoms with Gasteiger partial charge in [-0.1, -0.05) is 182 Å². The molecule has 0 saturated carbocycles. The Bertz CT molecular complexity index is 3610. The van der Waals surface area contributed by atoms with Crippen LogP contribution in [0.3, 0.4) is 0 Å². The first-order chi connectivity index (χ1) is 30.7. The van der Waals surface area contributed by atoms with Crippen LogP contribution in [0.2, 0.25) is 0 Å². The molecule has 0 aliphatic carbocycles. The van der Waals surface area contributed by atoms with Gasteiger partial charge in [-0.2, -0.15) is 9.97 Å². The zero-order valence-corrected chi connectivity index (χ0v) is 34.3. The minimum Gasteiger partial charge on any atom is -0.278 e. The second-order valence-electron chi connectivity index (χ2n) is 15.6. The van der Waals surface area contributed by atoms with E-state index in [1.54, 1.807) is 0 Å². The van der Waals surface area contributed by atoms with Crippen molar-refractivity contribution in [3.63, 3.8) is 0 Å². The Kier molecular flexibility index (Phi) is 8.65. The van der Waals surface area contributed by atoms with E-state index in [0.29, 0.717) is 17.6 Å². The van der Waals surface area contributed by atoms with Crippen molar-refractivity contribution in [1.82, 2.24) is 19.5 Å². The predicted octanol–water partition coefficient (Wildman–Crippen LogP) is 15.3. The van der Waals surface area contributed by atoms with Crippen LogP contribution in [0.25, 0.3) is 115 Å². The fourth-order valence-corrected chi connectivity index (χ4v) is 10.0. The standard InChI is InChI=1S/C57H36N4S/c1-4-14-37(15-5-1)42-20-12-21-43(34-42)45-31-33-53-50(36-45)48-24-13-23-46(54(48)62-53)39-26-28-41(29-27-39)56-58-55(40-18-8-3-9-19-40)59-57(60-56)61-51-25-11-10-22-47(51)49-35-44(30-32-52(49)61)38-16-6-2-7-17-38/h1-36H. The lowest BCUT2D eigenvalue weighted by Crippen LogP contribution is -2.06. The van der Waals surface area contributed by atoms with Crippen LogP contribution in [0.1, 0.15) is 0 Å². The Morgan fingerprint density at radius 2 is 0.790 bits per heavy atom. The van der Waals surface area contributed by atoms with Crippen molar-refractivity contribution in [3.05, 3.63) is 218 Å². The highest BCUT2D eigenvalue weighted by Crippen LogP contribution is 2.42. The van der Waals surface area contributed by atoms with Crippen molar-refractivity contribution in [2.45, 2.75) is 0 Å². The third-order valence-corrected chi connectivity index (χ3v) is 13.1. The van der Waals surface area contributed by atoms with Gasteiger partial charge in [0, 0.05) is 42.1 Å². The van der Waals surface area contributed by atoms with E-state index in [-0.39, 0.29) is 0 Å². The molecule has 0 amide bonds. The van der Waals surface area contributed by atoms with Crippen molar-refractivity contribution in [3.8, 4) is 73.2 Å². The summed E-state index contributed by atoms with van der Waals surface area (Å²) in [5.74, 6) is 1.83. The van der Waals surface area contributed by atoms with Gasteiger partial charge in [-0.3, -0.25) is 4.57 Å². The van der Waals surface area contributed by atoms with Crippen molar-refractivity contribution < 1.29 is 0 Å². The highest BCUT2D eigenvalue weighted by atomic mass is 32.1. The molecule has 4 nitrogen and oxygen atoms in total. The second kappa shape index (κ2) is 14.9. The van der Waals surface area contributed by atoms with Crippen molar-refractivity contribution in [1.29, 1.82) is 0 Å². The van der Waals surface area contributed by atoms with Crippen molar-refractivity contribution >= 4 is 53.3 Å². The zero-order valence-electron chi connectivity index (χ0n) is 33.5. The van der Waals surface area contributed by atoms with E-state index in [4.69, 9.17) is 15.0 Å². The van der Waals surface area contributed by atoms with Crippen LogP contribution in [0, 0.1) is 0 Å². The van der Waals surface area contributed by atoms with Gasteiger partial charge in [-0.25, -0.2) is 4.98 Å². The lowest BCUT2D eigenvalue weighted by Gasteiger charge is -2.11. The quantitative estimate of drug-likeness (QED) is 0.161.